The van der Waals surface area contributed by atoms with Crippen LogP contribution in [-0.4, -0.2) is 39.9 Å². The molecular weight excluding hydrogens is 368 g/mol. The molecule has 1 aliphatic heterocycles. The molecule has 1 N–H and O–H groups in total. The molecule has 2 aromatic carbocycles. The highest BCUT2D eigenvalue weighted by Gasteiger charge is 2.20. The van der Waals surface area contributed by atoms with E-state index in [-0.39, 0.29) is 18.2 Å². The number of carbonyl (C=O) groups is 2. The molecule has 7 nitrogen and oxygen atoms in total. The Balaban J connectivity index is 1.27. The van der Waals surface area contributed by atoms with Crippen LogP contribution in [0.25, 0.3) is 11.4 Å². The summed E-state index contributed by atoms with van der Waals surface area (Å²) < 4.78 is 4.97. The van der Waals surface area contributed by atoms with Gasteiger partial charge in [0.15, 0.2) is 0 Å². The molecule has 0 spiro atoms. The Labute approximate surface area is 168 Å². The van der Waals surface area contributed by atoms with Crippen LogP contribution in [0.15, 0.2) is 53.1 Å². The van der Waals surface area contributed by atoms with E-state index in [1.54, 1.807) is 31.2 Å². The van der Waals surface area contributed by atoms with E-state index in [0.717, 1.165) is 18.5 Å². The summed E-state index contributed by atoms with van der Waals surface area (Å²) in [5, 5.41) is 6.67. The summed E-state index contributed by atoms with van der Waals surface area (Å²) >= 11 is 0. The molecule has 0 aliphatic carbocycles. The molecule has 1 aromatic heterocycles. The number of rotatable bonds is 5. The van der Waals surface area contributed by atoms with E-state index >= 15 is 0 Å². The predicted molar refractivity (Wildman–Crippen MR) is 107 cm³/mol. The van der Waals surface area contributed by atoms with E-state index in [0.29, 0.717) is 30.4 Å². The van der Waals surface area contributed by atoms with Crippen LogP contribution in [0.2, 0.25) is 0 Å². The molecule has 0 atom stereocenters. The minimum Gasteiger partial charge on any atom is -0.352 e. The lowest BCUT2D eigenvalue weighted by Crippen LogP contribution is -2.38. The number of amides is 2. The van der Waals surface area contributed by atoms with Crippen LogP contribution >= 0.6 is 0 Å². The van der Waals surface area contributed by atoms with Gasteiger partial charge in [-0.25, -0.2) is 0 Å². The number of hydrogen-bond acceptors (Lipinski definition) is 5. The third-order valence-corrected chi connectivity index (χ3v) is 5.04. The minimum atomic E-state index is -0.211. The molecule has 3 aromatic rings. The number of aryl methyl sites for hydroxylation is 1. The van der Waals surface area contributed by atoms with E-state index in [4.69, 9.17) is 4.52 Å². The normalized spacial score (nSPS) is 13.1. The topological polar surface area (TPSA) is 88.3 Å². The van der Waals surface area contributed by atoms with Crippen LogP contribution in [0.5, 0.6) is 0 Å². The first kappa shape index (κ1) is 18.9. The molecule has 148 valence electrons. The first-order valence-corrected chi connectivity index (χ1v) is 9.63. The quantitative estimate of drug-likeness (QED) is 0.724. The van der Waals surface area contributed by atoms with Crippen molar-refractivity contribution in [2.24, 2.45) is 0 Å². The first-order valence-electron chi connectivity index (χ1n) is 9.63. The standard InChI is InChI=1S/C22H22N4O3/c1-15-24-21(25-29-15)17-6-8-18(9-7-17)22(28)23-12-10-20(27)26-13-11-16-4-2-3-5-19(16)14-26/h2-9H,10-14H2,1H3,(H,23,28). The Morgan fingerprint density at radius 3 is 2.59 bits per heavy atom. The van der Waals surface area contributed by atoms with Crippen molar-refractivity contribution in [2.45, 2.75) is 26.3 Å². The summed E-state index contributed by atoms with van der Waals surface area (Å²) in [5.41, 5.74) is 3.81. The third-order valence-electron chi connectivity index (χ3n) is 5.04. The van der Waals surface area contributed by atoms with Crippen LogP contribution in [0, 0.1) is 6.92 Å². The van der Waals surface area contributed by atoms with Crippen molar-refractivity contribution in [2.75, 3.05) is 13.1 Å². The monoisotopic (exact) mass is 390 g/mol. The fourth-order valence-corrected chi connectivity index (χ4v) is 3.44. The van der Waals surface area contributed by atoms with Gasteiger partial charge in [-0.15, -0.1) is 0 Å². The molecule has 7 heteroatoms. The molecule has 0 radical (unpaired) electrons. The lowest BCUT2D eigenvalue weighted by molar-refractivity contribution is -0.131. The lowest BCUT2D eigenvalue weighted by atomic mass is 10.00. The van der Waals surface area contributed by atoms with Crippen molar-refractivity contribution in [1.82, 2.24) is 20.4 Å². The van der Waals surface area contributed by atoms with Gasteiger partial charge in [0, 0.05) is 44.1 Å². The van der Waals surface area contributed by atoms with Crippen molar-refractivity contribution < 1.29 is 14.1 Å². The van der Waals surface area contributed by atoms with Gasteiger partial charge in [0.25, 0.3) is 5.91 Å². The second kappa shape index (κ2) is 8.26. The van der Waals surface area contributed by atoms with Crippen LogP contribution < -0.4 is 5.32 Å². The summed E-state index contributed by atoms with van der Waals surface area (Å²) in [6.45, 7) is 3.39. The molecular formula is C22H22N4O3. The van der Waals surface area contributed by atoms with Gasteiger partial charge >= 0.3 is 0 Å². The van der Waals surface area contributed by atoms with Crippen molar-refractivity contribution in [3.8, 4) is 11.4 Å². The second-order valence-corrected chi connectivity index (χ2v) is 7.05. The van der Waals surface area contributed by atoms with Crippen LogP contribution in [0.3, 0.4) is 0 Å². The molecule has 4 rings (SSSR count). The summed E-state index contributed by atoms with van der Waals surface area (Å²) in [4.78, 5) is 30.8. The molecule has 29 heavy (non-hydrogen) atoms. The molecule has 2 amide bonds. The fraction of sp³-hybridized carbons (Fsp3) is 0.273. The van der Waals surface area contributed by atoms with Crippen molar-refractivity contribution in [1.29, 1.82) is 0 Å². The van der Waals surface area contributed by atoms with Gasteiger partial charge in [0.05, 0.1) is 0 Å². The van der Waals surface area contributed by atoms with E-state index < -0.39 is 0 Å². The maximum absolute atomic E-state index is 12.5. The van der Waals surface area contributed by atoms with E-state index in [9.17, 15) is 9.59 Å². The molecule has 0 saturated carbocycles. The van der Waals surface area contributed by atoms with Crippen LogP contribution in [0.4, 0.5) is 0 Å². The van der Waals surface area contributed by atoms with Crippen molar-refractivity contribution >= 4 is 11.8 Å². The molecule has 0 unspecified atom stereocenters. The summed E-state index contributed by atoms with van der Waals surface area (Å²) in [5.74, 6) is 0.826. The highest BCUT2D eigenvalue weighted by Crippen LogP contribution is 2.19. The maximum atomic E-state index is 12.5. The molecule has 2 heterocycles. The van der Waals surface area contributed by atoms with Crippen LogP contribution in [-0.2, 0) is 17.8 Å². The Morgan fingerprint density at radius 1 is 1.10 bits per heavy atom. The fourth-order valence-electron chi connectivity index (χ4n) is 3.44. The van der Waals surface area contributed by atoms with Crippen molar-refractivity contribution in [3.63, 3.8) is 0 Å². The van der Waals surface area contributed by atoms with E-state index in [1.807, 2.05) is 17.0 Å². The average molecular weight is 390 g/mol. The second-order valence-electron chi connectivity index (χ2n) is 7.05. The Morgan fingerprint density at radius 2 is 1.86 bits per heavy atom. The maximum Gasteiger partial charge on any atom is 0.251 e. The molecule has 0 bridgehead atoms. The Kier molecular flexibility index (Phi) is 5.37. The number of nitrogens with zero attached hydrogens (tertiary/aromatic N) is 3. The minimum absolute atomic E-state index is 0.0580. The largest absolute Gasteiger partial charge is 0.352 e. The third kappa shape index (κ3) is 4.34. The van der Waals surface area contributed by atoms with Gasteiger partial charge in [-0.2, -0.15) is 4.98 Å². The highest BCUT2D eigenvalue weighted by atomic mass is 16.5. The SMILES string of the molecule is Cc1nc(-c2ccc(C(=O)NCCC(=O)N3CCc4ccccc4C3)cc2)no1. The smallest absolute Gasteiger partial charge is 0.251 e. The number of nitrogens with one attached hydrogen (secondary N) is 1. The van der Waals surface area contributed by atoms with Gasteiger partial charge in [-0.05, 0) is 29.7 Å². The van der Waals surface area contributed by atoms with Crippen LogP contribution in [0.1, 0.15) is 33.8 Å². The van der Waals surface area contributed by atoms with Gasteiger partial charge in [0.2, 0.25) is 17.6 Å². The van der Waals surface area contributed by atoms with E-state index in [1.165, 1.54) is 11.1 Å². The zero-order valence-electron chi connectivity index (χ0n) is 16.2. The first-order chi connectivity index (χ1) is 14.1. The predicted octanol–water partition coefficient (Wildman–Crippen LogP) is 2.75. The Bertz CT molecular complexity index is 1030. The lowest BCUT2D eigenvalue weighted by Gasteiger charge is -2.29. The number of benzene rings is 2. The highest BCUT2D eigenvalue weighted by molar-refractivity contribution is 5.94. The van der Waals surface area contributed by atoms with E-state index in [2.05, 4.69) is 27.6 Å². The number of fused-ring (bicyclic) bond motifs is 1. The van der Waals surface area contributed by atoms with Gasteiger partial charge < -0.3 is 14.7 Å². The summed E-state index contributed by atoms with van der Waals surface area (Å²) in [7, 11) is 0. The summed E-state index contributed by atoms with van der Waals surface area (Å²) in [6, 6.07) is 15.2. The Hall–Kier alpha value is -3.48. The molecule has 0 saturated heterocycles. The van der Waals surface area contributed by atoms with Gasteiger partial charge in [-0.1, -0.05) is 41.6 Å². The number of carbonyl (C=O) groups excluding carboxylic acids is 2. The number of hydrogen-bond donors (Lipinski definition) is 1. The van der Waals surface area contributed by atoms with Gasteiger partial charge in [-0.3, -0.25) is 9.59 Å². The van der Waals surface area contributed by atoms with Crippen molar-refractivity contribution in [3.05, 3.63) is 71.1 Å². The molecule has 1 aliphatic rings. The zero-order valence-corrected chi connectivity index (χ0v) is 16.2. The number of aromatic nitrogens is 2. The summed E-state index contributed by atoms with van der Waals surface area (Å²) in [6.07, 6.45) is 1.16. The zero-order chi connectivity index (χ0) is 20.2. The molecule has 0 fully saturated rings. The van der Waals surface area contributed by atoms with Gasteiger partial charge in [0.1, 0.15) is 0 Å². The average Bonchev–Trinajstić information content (AvgIpc) is 3.19.